The molecule has 0 amide bonds. The summed E-state index contributed by atoms with van der Waals surface area (Å²) in [7, 11) is 0. The monoisotopic (exact) mass is 271 g/mol. The van der Waals surface area contributed by atoms with Crippen molar-refractivity contribution in [3.63, 3.8) is 0 Å². The number of hydrogen-bond donors (Lipinski definition) is 1. The van der Waals surface area contributed by atoms with Gasteiger partial charge in [0.15, 0.2) is 0 Å². The Morgan fingerprint density at radius 1 is 1.35 bits per heavy atom. The van der Waals surface area contributed by atoms with Crippen molar-refractivity contribution in [2.75, 3.05) is 0 Å². The molecule has 6 heteroatoms. The summed E-state index contributed by atoms with van der Waals surface area (Å²) in [5.41, 5.74) is 1.12. The van der Waals surface area contributed by atoms with E-state index in [1.54, 1.807) is 29.0 Å². The number of hydrogen-bond acceptors (Lipinski definition) is 3. The van der Waals surface area contributed by atoms with Gasteiger partial charge >= 0.3 is 5.97 Å². The van der Waals surface area contributed by atoms with Crippen LogP contribution in [0.4, 0.5) is 4.39 Å². The van der Waals surface area contributed by atoms with Gasteiger partial charge < -0.3 is 9.67 Å². The maximum atomic E-state index is 13.6. The van der Waals surface area contributed by atoms with E-state index in [1.807, 2.05) is 0 Å². The molecule has 2 aromatic heterocycles. The Kier molecular flexibility index (Phi) is 2.90. The fourth-order valence-electron chi connectivity index (χ4n) is 2.14. The fourth-order valence-corrected chi connectivity index (χ4v) is 2.14. The Bertz CT molecular complexity index is 798. The van der Waals surface area contributed by atoms with Gasteiger partial charge in [-0.2, -0.15) is 0 Å². The minimum Gasteiger partial charge on any atom is -0.478 e. The molecule has 5 nitrogen and oxygen atoms in total. The van der Waals surface area contributed by atoms with Gasteiger partial charge in [0, 0.05) is 17.8 Å². The third kappa shape index (κ3) is 2.01. The Balaban J connectivity index is 2.06. The molecule has 0 aliphatic carbocycles. The third-order valence-electron chi connectivity index (χ3n) is 3.11. The highest BCUT2D eigenvalue weighted by atomic mass is 19.1. The van der Waals surface area contributed by atoms with Crippen LogP contribution in [0, 0.1) is 5.82 Å². The zero-order valence-electron chi connectivity index (χ0n) is 10.3. The van der Waals surface area contributed by atoms with Crippen LogP contribution in [-0.2, 0) is 6.54 Å². The lowest BCUT2D eigenvalue weighted by Crippen LogP contribution is -2.09. The Morgan fingerprint density at radius 2 is 2.20 bits per heavy atom. The topological polar surface area (TPSA) is 68.0 Å². The largest absolute Gasteiger partial charge is 0.478 e. The highest BCUT2D eigenvalue weighted by molar-refractivity contribution is 5.88. The van der Waals surface area contributed by atoms with Crippen molar-refractivity contribution in [3.05, 3.63) is 60.1 Å². The number of rotatable bonds is 3. The first-order valence-electron chi connectivity index (χ1n) is 5.92. The highest BCUT2D eigenvalue weighted by Crippen LogP contribution is 2.20. The molecule has 20 heavy (non-hydrogen) atoms. The summed E-state index contributed by atoms with van der Waals surface area (Å²) in [6.45, 7) is 0.247. The molecule has 2 heterocycles. The van der Waals surface area contributed by atoms with Crippen LogP contribution in [0.2, 0.25) is 0 Å². The van der Waals surface area contributed by atoms with Crippen molar-refractivity contribution in [1.82, 2.24) is 14.5 Å². The second kappa shape index (κ2) is 4.73. The van der Waals surface area contributed by atoms with E-state index < -0.39 is 5.97 Å². The van der Waals surface area contributed by atoms with Crippen molar-refractivity contribution >= 4 is 16.9 Å². The fraction of sp³-hybridized carbons (Fsp3) is 0.0714. The van der Waals surface area contributed by atoms with E-state index in [0.717, 1.165) is 0 Å². The Hall–Kier alpha value is -2.76. The standard InChI is InChI=1S/C14H10FN3O2/c15-11-2-1-3-13-9(11)4-5-18(13)7-12-10(14(19)20)6-16-8-17-12/h1-6,8H,7H2,(H,19,20). The minimum atomic E-state index is -1.08. The normalized spacial score (nSPS) is 10.8. The molecule has 3 rings (SSSR count). The molecule has 0 saturated heterocycles. The molecule has 3 aromatic rings. The van der Waals surface area contributed by atoms with E-state index >= 15 is 0 Å². The number of benzene rings is 1. The summed E-state index contributed by atoms with van der Waals surface area (Å²) in [4.78, 5) is 18.8. The smallest absolute Gasteiger partial charge is 0.339 e. The van der Waals surface area contributed by atoms with E-state index in [0.29, 0.717) is 16.6 Å². The van der Waals surface area contributed by atoms with Crippen LogP contribution in [0.5, 0.6) is 0 Å². The lowest BCUT2D eigenvalue weighted by atomic mass is 10.2. The lowest BCUT2D eigenvalue weighted by molar-refractivity contribution is 0.0694. The molecule has 0 saturated carbocycles. The van der Waals surface area contributed by atoms with Crippen molar-refractivity contribution in [3.8, 4) is 0 Å². The number of halogens is 1. The lowest BCUT2D eigenvalue weighted by Gasteiger charge is -2.07. The second-order valence-corrected chi connectivity index (χ2v) is 4.30. The summed E-state index contributed by atoms with van der Waals surface area (Å²) in [5.74, 6) is -1.38. The molecule has 1 aromatic carbocycles. The van der Waals surface area contributed by atoms with Gasteiger partial charge in [-0.15, -0.1) is 0 Å². The minimum absolute atomic E-state index is 0.0470. The van der Waals surface area contributed by atoms with Gasteiger partial charge in [0.1, 0.15) is 17.7 Å². The van der Waals surface area contributed by atoms with E-state index in [2.05, 4.69) is 9.97 Å². The molecule has 0 atom stereocenters. The average molecular weight is 271 g/mol. The number of nitrogens with zero attached hydrogens (tertiary/aromatic N) is 3. The van der Waals surface area contributed by atoms with Crippen LogP contribution >= 0.6 is 0 Å². The maximum Gasteiger partial charge on any atom is 0.339 e. The highest BCUT2D eigenvalue weighted by Gasteiger charge is 2.13. The molecule has 0 radical (unpaired) electrons. The van der Waals surface area contributed by atoms with Crippen molar-refractivity contribution in [2.45, 2.75) is 6.54 Å². The predicted molar refractivity (Wildman–Crippen MR) is 70.0 cm³/mol. The number of aromatic nitrogens is 3. The summed E-state index contributed by atoms with van der Waals surface area (Å²) >= 11 is 0. The van der Waals surface area contributed by atoms with E-state index in [-0.39, 0.29) is 17.9 Å². The van der Waals surface area contributed by atoms with Crippen LogP contribution in [0.15, 0.2) is 43.0 Å². The van der Waals surface area contributed by atoms with Gasteiger partial charge in [0.05, 0.1) is 17.8 Å². The average Bonchev–Trinajstić information content (AvgIpc) is 2.84. The number of carboxylic acids is 1. The Morgan fingerprint density at radius 3 is 3.00 bits per heavy atom. The van der Waals surface area contributed by atoms with Gasteiger partial charge in [0.25, 0.3) is 0 Å². The van der Waals surface area contributed by atoms with Crippen LogP contribution in [0.3, 0.4) is 0 Å². The van der Waals surface area contributed by atoms with Crippen LogP contribution < -0.4 is 0 Å². The molecule has 1 N–H and O–H groups in total. The molecular weight excluding hydrogens is 261 g/mol. The maximum absolute atomic E-state index is 13.6. The summed E-state index contributed by atoms with van der Waals surface area (Å²) in [5, 5.41) is 9.60. The van der Waals surface area contributed by atoms with Gasteiger partial charge in [-0.25, -0.2) is 19.2 Å². The van der Waals surface area contributed by atoms with Gasteiger partial charge in [-0.3, -0.25) is 0 Å². The van der Waals surface area contributed by atoms with E-state index in [9.17, 15) is 9.18 Å². The quantitative estimate of drug-likeness (QED) is 0.793. The predicted octanol–water partition coefficient (Wildman–Crippen LogP) is 2.32. The zero-order valence-corrected chi connectivity index (χ0v) is 10.3. The van der Waals surface area contributed by atoms with Gasteiger partial charge in [-0.1, -0.05) is 6.07 Å². The van der Waals surface area contributed by atoms with Crippen LogP contribution in [-0.4, -0.2) is 25.6 Å². The molecule has 0 spiro atoms. The van der Waals surface area contributed by atoms with Gasteiger partial charge in [-0.05, 0) is 18.2 Å². The first kappa shape index (κ1) is 12.3. The second-order valence-electron chi connectivity index (χ2n) is 4.30. The van der Waals surface area contributed by atoms with E-state index in [1.165, 1.54) is 18.6 Å². The Labute approximate surface area is 113 Å². The van der Waals surface area contributed by atoms with Crippen molar-refractivity contribution < 1.29 is 14.3 Å². The summed E-state index contributed by atoms with van der Waals surface area (Å²) in [6.07, 6.45) is 4.27. The number of carboxylic acid groups (broad SMARTS) is 1. The first-order valence-corrected chi connectivity index (χ1v) is 5.92. The molecule has 100 valence electrons. The molecule has 0 fully saturated rings. The zero-order chi connectivity index (χ0) is 14.1. The van der Waals surface area contributed by atoms with Crippen LogP contribution in [0.1, 0.15) is 16.1 Å². The molecular formula is C14H10FN3O2. The summed E-state index contributed by atoms with van der Waals surface area (Å²) in [6, 6.07) is 6.44. The number of aromatic carboxylic acids is 1. The van der Waals surface area contributed by atoms with Gasteiger partial charge in [0.2, 0.25) is 0 Å². The third-order valence-corrected chi connectivity index (χ3v) is 3.11. The molecule has 0 aliphatic heterocycles. The van der Waals surface area contributed by atoms with Crippen LogP contribution in [0.25, 0.3) is 10.9 Å². The summed E-state index contributed by atoms with van der Waals surface area (Å²) < 4.78 is 15.4. The number of carbonyl (C=O) groups is 1. The SMILES string of the molecule is O=C(O)c1cncnc1Cn1ccc2c(F)cccc21. The van der Waals surface area contributed by atoms with Crippen molar-refractivity contribution in [1.29, 1.82) is 0 Å². The number of fused-ring (bicyclic) bond motifs is 1. The molecule has 0 bridgehead atoms. The van der Waals surface area contributed by atoms with Crippen molar-refractivity contribution in [2.24, 2.45) is 0 Å². The molecule has 0 aliphatic rings. The molecule has 0 unspecified atom stereocenters. The van der Waals surface area contributed by atoms with E-state index in [4.69, 9.17) is 5.11 Å². The first-order chi connectivity index (χ1) is 9.66.